The van der Waals surface area contributed by atoms with Gasteiger partial charge in [0.15, 0.2) is 0 Å². The number of hydrogen-bond acceptors (Lipinski definition) is 6. The third-order valence-electron chi connectivity index (χ3n) is 7.50. The molecular formula is C35H42N2O6. The van der Waals surface area contributed by atoms with E-state index in [1.54, 1.807) is 45.0 Å². The van der Waals surface area contributed by atoms with Crippen molar-refractivity contribution in [3.05, 3.63) is 113 Å². The number of nitrogens with one attached hydrogen (secondary N) is 2. The Labute approximate surface area is 253 Å². The van der Waals surface area contributed by atoms with E-state index in [1.165, 1.54) is 0 Å². The molecule has 3 aromatic rings. The standard InChI is InChI=1S/C35H42N2O6/c1-35(2,3)43-34(42)36-28(21-24-15-8-5-9-16-24)29(38)22-25(18-12-17-23-13-6-4-7-14-23)33(41)37-30-26-19-10-11-20-27(26)31(39)32(30)40/h4-17,19-20,25,28-32,38-40H,18,21-22H2,1-3H3,(H,36,42)(H,37,41)/t25-,28+,29+,30+,31-,32+/m1/s1. The summed E-state index contributed by atoms with van der Waals surface area (Å²) in [4.78, 5) is 26.5. The van der Waals surface area contributed by atoms with E-state index in [-0.39, 0.29) is 12.3 Å². The number of carbonyl (C=O) groups is 2. The van der Waals surface area contributed by atoms with Crippen LogP contribution in [0.4, 0.5) is 4.79 Å². The van der Waals surface area contributed by atoms with Crippen LogP contribution >= 0.6 is 0 Å². The molecule has 1 aliphatic rings. The number of rotatable bonds is 11. The third-order valence-corrected chi connectivity index (χ3v) is 7.50. The second-order valence-corrected chi connectivity index (χ2v) is 12.0. The number of carbonyl (C=O) groups excluding carboxylic acids is 2. The van der Waals surface area contributed by atoms with Gasteiger partial charge in [-0.1, -0.05) is 97.1 Å². The van der Waals surface area contributed by atoms with Gasteiger partial charge in [0.25, 0.3) is 0 Å². The second kappa shape index (κ2) is 14.5. The lowest BCUT2D eigenvalue weighted by atomic mass is 9.90. The number of amides is 2. The molecule has 0 aromatic heterocycles. The van der Waals surface area contributed by atoms with Crippen LogP contribution in [0.5, 0.6) is 0 Å². The van der Waals surface area contributed by atoms with Gasteiger partial charge in [-0.2, -0.15) is 0 Å². The Kier molecular flexibility index (Phi) is 10.7. The summed E-state index contributed by atoms with van der Waals surface area (Å²) in [7, 11) is 0. The summed E-state index contributed by atoms with van der Waals surface area (Å²) in [6.07, 6.45) is 0.390. The maximum Gasteiger partial charge on any atom is 0.407 e. The molecule has 3 aromatic carbocycles. The van der Waals surface area contributed by atoms with Crippen molar-refractivity contribution >= 4 is 18.1 Å². The normalized spacial score (nSPS) is 20.2. The molecule has 8 heteroatoms. The molecule has 2 amide bonds. The highest BCUT2D eigenvalue weighted by molar-refractivity contribution is 5.80. The van der Waals surface area contributed by atoms with E-state index in [1.807, 2.05) is 72.8 Å². The van der Waals surface area contributed by atoms with Crippen molar-refractivity contribution in [3.8, 4) is 0 Å². The monoisotopic (exact) mass is 586 g/mol. The van der Waals surface area contributed by atoms with Gasteiger partial charge in [-0.15, -0.1) is 0 Å². The molecule has 0 saturated heterocycles. The summed E-state index contributed by atoms with van der Waals surface area (Å²) >= 11 is 0. The first kappa shape index (κ1) is 31.9. The van der Waals surface area contributed by atoms with E-state index in [0.29, 0.717) is 24.0 Å². The van der Waals surface area contributed by atoms with Crippen LogP contribution in [0.15, 0.2) is 91.0 Å². The van der Waals surface area contributed by atoms with Gasteiger partial charge < -0.3 is 30.7 Å². The number of hydrogen-bond donors (Lipinski definition) is 5. The van der Waals surface area contributed by atoms with Gasteiger partial charge in [-0.25, -0.2) is 4.79 Å². The Morgan fingerprint density at radius 1 is 0.907 bits per heavy atom. The van der Waals surface area contributed by atoms with E-state index in [9.17, 15) is 24.9 Å². The molecule has 0 fully saturated rings. The fourth-order valence-electron chi connectivity index (χ4n) is 5.36. The lowest BCUT2D eigenvalue weighted by Gasteiger charge is -2.29. The molecule has 6 atom stereocenters. The van der Waals surface area contributed by atoms with Gasteiger partial charge >= 0.3 is 6.09 Å². The van der Waals surface area contributed by atoms with Gasteiger partial charge in [0.05, 0.1) is 18.2 Å². The minimum Gasteiger partial charge on any atom is -0.444 e. The van der Waals surface area contributed by atoms with Crippen molar-refractivity contribution < 1.29 is 29.6 Å². The average molecular weight is 587 g/mol. The summed E-state index contributed by atoms with van der Waals surface area (Å²) in [5.74, 6) is -1.08. The lowest BCUT2D eigenvalue weighted by molar-refractivity contribution is -0.128. The Balaban J connectivity index is 1.55. The van der Waals surface area contributed by atoms with Crippen LogP contribution in [0.25, 0.3) is 6.08 Å². The number of benzene rings is 3. The van der Waals surface area contributed by atoms with E-state index < -0.39 is 48.0 Å². The minimum atomic E-state index is -1.20. The molecule has 1 aliphatic carbocycles. The highest BCUT2D eigenvalue weighted by Gasteiger charge is 2.40. The fraction of sp³-hybridized carbons (Fsp3) is 0.371. The summed E-state index contributed by atoms with van der Waals surface area (Å²) in [6, 6.07) is 24.7. The number of allylic oxidation sites excluding steroid dienone is 1. The first-order valence-corrected chi connectivity index (χ1v) is 14.7. The smallest absolute Gasteiger partial charge is 0.407 e. The van der Waals surface area contributed by atoms with Crippen LogP contribution in [0, 0.1) is 5.92 Å². The van der Waals surface area contributed by atoms with Crippen LogP contribution in [-0.4, -0.2) is 51.2 Å². The molecule has 0 aliphatic heterocycles. The highest BCUT2D eigenvalue weighted by Crippen LogP contribution is 2.39. The van der Waals surface area contributed by atoms with Gasteiger partial charge in [0.1, 0.15) is 17.8 Å². The molecule has 0 bridgehead atoms. The second-order valence-electron chi connectivity index (χ2n) is 12.0. The van der Waals surface area contributed by atoms with Crippen LogP contribution < -0.4 is 10.6 Å². The van der Waals surface area contributed by atoms with Gasteiger partial charge in [-0.3, -0.25) is 4.79 Å². The SMILES string of the molecule is CC(C)(C)OC(=O)N[C@@H](Cc1ccccc1)[C@@H](O)C[C@@H](CC=Cc1ccccc1)C(=O)N[C@H]1c2ccccc2[C@@H](O)[C@H]1O. The summed E-state index contributed by atoms with van der Waals surface area (Å²) in [6.45, 7) is 5.30. The van der Waals surface area contributed by atoms with Crippen molar-refractivity contribution in [3.63, 3.8) is 0 Å². The zero-order chi connectivity index (χ0) is 31.0. The van der Waals surface area contributed by atoms with Gasteiger partial charge in [0, 0.05) is 5.92 Å². The van der Waals surface area contributed by atoms with Crippen LogP contribution in [0.1, 0.15) is 68.0 Å². The summed E-state index contributed by atoms with van der Waals surface area (Å²) in [5.41, 5.74) is 2.39. The molecule has 0 radical (unpaired) electrons. The predicted molar refractivity (Wildman–Crippen MR) is 166 cm³/mol. The first-order valence-electron chi connectivity index (χ1n) is 14.7. The molecule has 0 spiro atoms. The first-order chi connectivity index (χ1) is 20.5. The molecule has 228 valence electrons. The summed E-state index contributed by atoms with van der Waals surface area (Å²) < 4.78 is 5.46. The lowest BCUT2D eigenvalue weighted by Crippen LogP contribution is -2.48. The Morgan fingerprint density at radius 2 is 1.51 bits per heavy atom. The van der Waals surface area contributed by atoms with Crippen LogP contribution in [0.2, 0.25) is 0 Å². The molecule has 5 N–H and O–H groups in total. The van der Waals surface area contributed by atoms with E-state index >= 15 is 0 Å². The zero-order valence-corrected chi connectivity index (χ0v) is 24.9. The van der Waals surface area contributed by atoms with Crippen molar-refractivity contribution in [1.82, 2.24) is 10.6 Å². The molecule has 8 nitrogen and oxygen atoms in total. The maximum absolute atomic E-state index is 13.8. The Morgan fingerprint density at radius 3 is 2.16 bits per heavy atom. The molecule has 0 unspecified atom stereocenters. The zero-order valence-electron chi connectivity index (χ0n) is 24.9. The number of alkyl carbamates (subject to hydrolysis) is 1. The maximum atomic E-state index is 13.8. The third kappa shape index (κ3) is 9.00. The average Bonchev–Trinajstić information content (AvgIpc) is 3.21. The molecule has 0 saturated carbocycles. The molecule has 4 rings (SSSR count). The fourth-order valence-corrected chi connectivity index (χ4v) is 5.36. The topological polar surface area (TPSA) is 128 Å². The molecule has 0 heterocycles. The molecular weight excluding hydrogens is 544 g/mol. The van der Waals surface area contributed by atoms with E-state index in [0.717, 1.165) is 11.1 Å². The van der Waals surface area contributed by atoms with Crippen LogP contribution in [-0.2, 0) is 16.0 Å². The number of aliphatic hydroxyl groups is 3. The van der Waals surface area contributed by atoms with Gasteiger partial charge in [-0.05, 0) is 62.3 Å². The Bertz CT molecular complexity index is 1370. The van der Waals surface area contributed by atoms with Gasteiger partial charge in [0.2, 0.25) is 5.91 Å². The highest BCUT2D eigenvalue weighted by atomic mass is 16.6. The largest absolute Gasteiger partial charge is 0.444 e. The van der Waals surface area contributed by atoms with E-state index in [2.05, 4.69) is 10.6 Å². The number of fused-ring (bicyclic) bond motifs is 1. The summed E-state index contributed by atoms with van der Waals surface area (Å²) in [5, 5.41) is 38.6. The van der Waals surface area contributed by atoms with Crippen molar-refractivity contribution in [2.45, 2.75) is 76.0 Å². The van der Waals surface area contributed by atoms with Crippen molar-refractivity contribution in [2.75, 3.05) is 0 Å². The predicted octanol–water partition coefficient (Wildman–Crippen LogP) is 4.86. The van der Waals surface area contributed by atoms with Crippen molar-refractivity contribution in [1.29, 1.82) is 0 Å². The van der Waals surface area contributed by atoms with Crippen LogP contribution in [0.3, 0.4) is 0 Å². The minimum absolute atomic E-state index is 0.0330. The molecule has 43 heavy (non-hydrogen) atoms. The van der Waals surface area contributed by atoms with Crippen molar-refractivity contribution in [2.24, 2.45) is 5.92 Å². The number of aliphatic hydroxyl groups excluding tert-OH is 3. The Hall–Kier alpha value is -3.98. The quantitative estimate of drug-likeness (QED) is 0.218. The van der Waals surface area contributed by atoms with E-state index in [4.69, 9.17) is 4.74 Å². The number of ether oxygens (including phenoxy) is 1.